The van der Waals surface area contributed by atoms with Gasteiger partial charge in [-0.15, -0.1) is 11.3 Å². The maximum Gasteiger partial charge on any atom is 0.0387 e. The molecule has 1 aliphatic carbocycles. The van der Waals surface area contributed by atoms with Crippen LogP contribution in [0.2, 0.25) is 0 Å². The fraction of sp³-hybridized carbons (Fsp3) is 0.600. The largest absolute Gasteiger partial charge is 0.323 e. The molecule has 0 saturated carbocycles. The van der Waals surface area contributed by atoms with Crippen molar-refractivity contribution in [3.8, 4) is 0 Å². The van der Waals surface area contributed by atoms with Crippen LogP contribution in [0.15, 0.2) is 6.07 Å². The van der Waals surface area contributed by atoms with E-state index >= 15 is 0 Å². The third kappa shape index (κ3) is 1.29. The monoisotopic (exact) mass is 181 g/mol. The van der Waals surface area contributed by atoms with E-state index in [1.807, 2.05) is 11.3 Å². The number of hydrogen-bond donors (Lipinski definition) is 1. The van der Waals surface area contributed by atoms with E-state index in [-0.39, 0.29) is 6.04 Å². The van der Waals surface area contributed by atoms with Crippen molar-refractivity contribution in [2.45, 2.75) is 38.6 Å². The van der Waals surface area contributed by atoms with E-state index in [9.17, 15) is 0 Å². The first-order valence-corrected chi connectivity index (χ1v) is 5.50. The first kappa shape index (κ1) is 8.27. The molecular weight excluding hydrogens is 166 g/mol. The highest BCUT2D eigenvalue weighted by Crippen LogP contribution is 2.33. The van der Waals surface area contributed by atoms with Gasteiger partial charge in [0.15, 0.2) is 0 Å². The number of hydrogen-bond acceptors (Lipinski definition) is 2. The van der Waals surface area contributed by atoms with Crippen LogP contribution < -0.4 is 5.73 Å². The van der Waals surface area contributed by atoms with E-state index in [1.54, 1.807) is 10.4 Å². The molecule has 1 nitrogen and oxygen atoms in total. The number of thiophene rings is 1. The molecule has 1 unspecified atom stereocenters. The van der Waals surface area contributed by atoms with Crippen LogP contribution in [0.3, 0.4) is 0 Å². The SMILES string of the molecule is CCC(N)c1cc2c(s1)CCC2. The molecule has 2 rings (SSSR count). The van der Waals surface area contributed by atoms with Crippen LogP contribution in [0.1, 0.15) is 41.1 Å². The van der Waals surface area contributed by atoms with Gasteiger partial charge in [-0.25, -0.2) is 0 Å². The number of nitrogens with two attached hydrogens (primary N) is 1. The second-order valence-corrected chi connectivity index (χ2v) is 4.63. The molecule has 0 amide bonds. The minimum atomic E-state index is 0.278. The first-order valence-electron chi connectivity index (χ1n) is 4.68. The van der Waals surface area contributed by atoms with Crippen molar-refractivity contribution in [3.63, 3.8) is 0 Å². The minimum Gasteiger partial charge on any atom is -0.323 e. The predicted molar refractivity (Wildman–Crippen MR) is 53.6 cm³/mol. The summed E-state index contributed by atoms with van der Waals surface area (Å²) in [5, 5.41) is 0. The van der Waals surface area contributed by atoms with E-state index in [0.717, 1.165) is 6.42 Å². The Balaban J connectivity index is 2.25. The maximum atomic E-state index is 5.97. The molecule has 2 heteroatoms. The van der Waals surface area contributed by atoms with Crippen molar-refractivity contribution >= 4 is 11.3 Å². The molecule has 0 bridgehead atoms. The molecule has 66 valence electrons. The molecule has 2 N–H and O–H groups in total. The maximum absolute atomic E-state index is 5.97. The summed E-state index contributed by atoms with van der Waals surface area (Å²) in [5.74, 6) is 0. The molecule has 1 aliphatic rings. The van der Waals surface area contributed by atoms with Crippen LogP contribution in [0, 0.1) is 0 Å². The van der Waals surface area contributed by atoms with Gasteiger partial charge in [0.25, 0.3) is 0 Å². The zero-order chi connectivity index (χ0) is 8.55. The van der Waals surface area contributed by atoms with Gasteiger partial charge in [-0.1, -0.05) is 6.92 Å². The quantitative estimate of drug-likeness (QED) is 0.745. The molecular formula is C10H15NS. The molecule has 0 spiro atoms. The van der Waals surface area contributed by atoms with E-state index in [2.05, 4.69) is 13.0 Å². The van der Waals surface area contributed by atoms with Gasteiger partial charge < -0.3 is 5.73 Å². The first-order chi connectivity index (χ1) is 5.81. The zero-order valence-electron chi connectivity index (χ0n) is 7.47. The summed E-state index contributed by atoms with van der Waals surface area (Å²) < 4.78 is 0. The van der Waals surface area contributed by atoms with Crippen molar-refractivity contribution < 1.29 is 0 Å². The Kier molecular flexibility index (Phi) is 2.20. The summed E-state index contributed by atoms with van der Waals surface area (Å²) in [5.41, 5.74) is 7.53. The molecule has 0 aromatic carbocycles. The van der Waals surface area contributed by atoms with E-state index < -0.39 is 0 Å². The van der Waals surface area contributed by atoms with Gasteiger partial charge >= 0.3 is 0 Å². The van der Waals surface area contributed by atoms with Crippen molar-refractivity contribution in [3.05, 3.63) is 21.4 Å². The fourth-order valence-corrected chi connectivity index (χ4v) is 3.08. The van der Waals surface area contributed by atoms with Gasteiger partial charge in [-0.3, -0.25) is 0 Å². The standard InChI is InChI=1S/C10H15NS/c1-2-8(11)10-6-7-4-3-5-9(7)12-10/h6,8H,2-5,11H2,1H3. The van der Waals surface area contributed by atoms with E-state index in [4.69, 9.17) is 5.73 Å². The molecule has 1 atom stereocenters. The van der Waals surface area contributed by atoms with Crippen molar-refractivity contribution in [1.82, 2.24) is 0 Å². The average molecular weight is 181 g/mol. The second kappa shape index (κ2) is 3.19. The summed E-state index contributed by atoms with van der Waals surface area (Å²) in [6, 6.07) is 2.60. The summed E-state index contributed by atoms with van der Waals surface area (Å²) in [6.45, 7) is 2.15. The van der Waals surface area contributed by atoms with Gasteiger partial charge in [-0.2, -0.15) is 0 Å². The zero-order valence-corrected chi connectivity index (χ0v) is 8.29. The van der Waals surface area contributed by atoms with Gasteiger partial charge in [0.05, 0.1) is 0 Å². The van der Waals surface area contributed by atoms with E-state index in [1.165, 1.54) is 24.1 Å². The predicted octanol–water partition coefficient (Wildman–Crippen LogP) is 2.65. The van der Waals surface area contributed by atoms with Crippen LogP contribution in [-0.4, -0.2) is 0 Å². The van der Waals surface area contributed by atoms with Gasteiger partial charge in [0.1, 0.15) is 0 Å². The Morgan fingerprint density at radius 1 is 1.58 bits per heavy atom. The van der Waals surface area contributed by atoms with Crippen LogP contribution in [0.25, 0.3) is 0 Å². The lowest BCUT2D eigenvalue weighted by Crippen LogP contribution is -2.06. The van der Waals surface area contributed by atoms with Crippen molar-refractivity contribution in [2.75, 3.05) is 0 Å². The highest BCUT2D eigenvalue weighted by molar-refractivity contribution is 7.12. The third-order valence-electron chi connectivity index (χ3n) is 2.57. The molecule has 1 aromatic heterocycles. The third-order valence-corrected chi connectivity index (χ3v) is 3.94. The summed E-state index contributed by atoms with van der Waals surface area (Å²) in [6.07, 6.45) is 4.97. The second-order valence-electron chi connectivity index (χ2n) is 3.47. The van der Waals surface area contributed by atoms with Crippen molar-refractivity contribution in [2.24, 2.45) is 5.73 Å². The lowest BCUT2D eigenvalue weighted by atomic mass is 10.1. The van der Waals surface area contributed by atoms with Gasteiger partial charge in [-0.05, 0) is 37.3 Å². The smallest absolute Gasteiger partial charge is 0.0387 e. The average Bonchev–Trinajstić information content (AvgIpc) is 2.60. The summed E-state index contributed by atoms with van der Waals surface area (Å²) in [7, 11) is 0. The Labute approximate surface area is 77.6 Å². The molecule has 0 aliphatic heterocycles. The number of aryl methyl sites for hydroxylation is 2. The Morgan fingerprint density at radius 3 is 3.08 bits per heavy atom. The Hall–Kier alpha value is -0.340. The van der Waals surface area contributed by atoms with Crippen LogP contribution in [0.4, 0.5) is 0 Å². The van der Waals surface area contributed by atoms with Gasteiger partial charge in [0, 0.05) is 15.8 Å². The van der Waals surface area contributed by atoms with E-state index in [0.29, 0.717) is 0 Å². The van der Waals surface area contributed by atoms with Crippen LogP contribution in [-0.2, 0) is 12.8 Å². The Bertz CT molecular complexity index is 256. The molecule has 0 saturated heterocycles. The summed E-state index contributed by atoms with van der Waals surface area (Å²) >= 11 is 1.93. The fourth-order valence-electron chi connectivity index (χ4n) is 1.74. The molecule has 0 radical (unpaired) electrons. The lowest BCUT2D eigenvalue weighted by molar-refractivity contribution is 0.711. The van der Waals surface area contributed by atoms with Crippen molar-refractivity contribution in [1.29, 1.82) is 0 Å². The van der Waals surface area contributed by atoms with Crippen LogP contribution in [0.5, 0.6) is 0 Å². The molecule has 12 heavy (non-hydrogen) atoms. The number of rotatable bonds is 2. The Morgan fingerprint density at radius 2 is 2.42 bits per heavy atom. The molecule has 0 fully saturated rings. The van der Waals surface area contributed by atoms with Gasteiger partial charge in [0.2, 0.25) is 0 Å². The lowest BCUT2D eigenvalue weighted by Gasteiger charge is -2.04. The highest BCUT2D eigenvalue weighted by atomic mass is 32.1. The molecule has 1 aromatic rings. The topological polar surface area (TPSA) is 26.0 Å². The summed E-state index contributed by atoms with van der Waals surface area (Å²) in [4.78, 5) is 2.98. The minimum absolute atomic E-state index is 0.278. The normalized spacial score (nSPS) is 17.8. The van der Waals surface area contributed by atoms with Crippen LogP contribution >= 0.6 is 11.3 Å². The highest BCUT2D eigenvalue weighted by Gasteiger charge is 2.16. The number of fused-ring (bicyclic) bond motifs is 1. The molecule has 1 heterocycles.